The summed E-state index contributed by atoms with van der Waals surface area (Å²) in [6.45, 7) is 1.85. The van der Waals surface area contributed by atoms with Crippen molar-refractivity contribution >= 4 is 33.8 Å². The molecule has 0 fully saturated rings. The highest BCUT2D eigenvalue weighted by molar-refractivity contribution is 7.96. The molecule has 0 amide bonds. The van der Waals surface area contributed by atoms with Gasteiger partial charge in [-0.15, -0.1) is 12.6 Å². The van der Waals surface area contributed by atoms with Gasteiger partial charge in [-0.25, -0.2) is 4.90 Å². The molecular weight excluding hydrogens is 272 g/mol. The summed E-state index contributed by atoms with van der Waals surface area (Å²) in [6.07, 6.45) is 0.522. The van der Waals surface area contributed by atoms with Crippen molar-refractivity contribution < 1.29 is 23.7 Å². The Kier molecular flexibility index (Phi) is 8.28. The Morgan fingerprint density at radius 2 is 1.75 bits per heavy atom. The SMILES string of the molecule is CCCC(C(=O)S)N(C[P+](=O)O)C[P+](=O)O. The van der Waals surface area contributed by atoms with Crippen LogP contribution in [0.1, 0.15) is 19.8 Å². The van der Waals surface area contributed by atoms with E-state index in [4.69, 9.17) is 9.79 Å². The van der Waals surface area contributed by atoms with E-state index in [9.17, 15) is 13.9 Å². The van der Waals surface area contributed by atoms with Gasteiger partial charge in [0.2, 0.25) is 17.7 Å². The molecule has 0 aliphatic carbocycles. The third-order valence-corrected chi connectivity index (χ3v) is 3.40. The number of thiol groups is 1. The molecule has 0 aromatic carbocycles. The second-order valence-electron chi connectivity index (χ2n) is 3.22. The summed E-state index contributed by atoms with van der Waals surface area (Å²) in [7, 11) is -4.98. The van der Waals surface area contributed by atoms with Crippen LogP contribution in [0, 0.1) is 0 Å². The summed E-state index contributed by atoms with van der Waals surface area (Å²) in [6, 6.07) is -0.689. The minimum Gasteiger partial charge on any atom is -0.286 e. The minimum atomic E-state index is -2.49. The Hall–Kier alpha value is 0.1000. The van der Waals surface area contributed by atoms with Crippen molar-refractivity contribution in [2.45, 2.75) is 25.8 Å². The second kappa shape index (κ2) is 8.23. The van der Waals surface area contributed by atoms with E-state index in [2.05, 4.69) is 12.6 Å². The van der Waals surface area contributed by atoms with E-state index >= 15 is 0 Å². The first kappa shape index (κ1) is 16.1. The molecule has 0 aromatic heterocycles. The van der Waals surface area contributed by atoms with Crippen molar-refractivity contribution in [1.82, 2.24) is 4.90 Å². The zero-order valence-corrected chi connectivity index (χ0v) is 11.5. The van der Waals surface area contributed by atoms with Crippen molar-refractivity contribution in [3.63, 3.8) is 0 Å². The number of hydrogen-bond acceptors (Lipinski definition) is 4. The van der Waals surface area contributed by atoms with E-state index < -0.39 is 27.2 Å². The highest BCUT2D eigenvalue weighted by Crippen LogP contribution is 2.25. The van der Waals surface area contributed by atoms with Gasteiger partial charge in [-0.1, -0.05) is 13.3 Å². The molecule has 3 atom stereocenters. The van der Waals surface area contributed by atoms with Gasteiger partial charge < -0.3 is 0 Å². The Labute approximate surface area is 101 Å². The van der Waals surface area contributed by atoms with E-state index in [0.717, 1.165) is 0 Å². The van der Waals surface area contributed by atoms with Crippen molar-refractivity contribution in [3.8, 4) is 0 Å². The normalized spacial score (nSPS) is 14.8. The Morgan fingerprint density at radius 3 is 2.00 bits per heavy atom. The van der Waals surface area contributed by atoms with Gasteiger partial charge in [0.15, 0.2) is 0 Å². The molecule has 0 aromatic rings. The monoisotopic (exact) mass is 287 g/mol. The highest BCUT2D eigenvalue weighted by atomic mass is 32.1. The largest absolute Gasteiger partial charge is 0.521 e. The first-order valence-electron chi connectivity index (χ1n) is 4.62. The van der Waals surface area contributed by atoms with Crippen LogP contribution in [0.2, 0.25) is 0 Å². The maximum atomic E-state index is 11.2. The molecule has 0 aliphatic rings. The molecule has 0 heterocycles. The van der Waals surface area contributed by atoms with Crippen LogP contribution >= 0.6 is 28.7 Å². The number of rotatable bonds is 8. The predicted octanol–water partition coefficient (Wildman–Crippen LogP) is 1.30. The third-order valence-electron chi connectivity index (χ3n) is 1.89. The molecule has 92 valence electrons. The zero-order chi connectivity index (χ0) is 12.7. The van der Waals surface area contributed by atoms with E-state index in [0.29, 0.717) is 12.8 Å². The number of carbonyl (C=O) groups excluding carboxylic acids is 1. The molecule has 9 heteroatoms. The van der Waals surface area contributed by atoms with Gasteiger partial charge in [0.1, 0.15) is 0 Å². The second-order valence-corrected chi connectivity index (χ2v) is 5.63. The molecule has 3 unspecified atom stereocenters. The molecule has 0 saturated heterocycles. The zero-order valence-electron chi connectivity index (χ0n) is 8.81. The van der Waals surface area contributed by atoms with Crippen LogP contribution < -0.4 is 0 Å². The summed E-state index contributed by atoms with van der Waals surface area (Å²) < 4.78 is 21.4. The fraction of sp³-hybridized carbons (Fsp3) is 0.857. The number of hydrogen-bond donors (Lipinski definition) is 3. The predicted molar refractivity (Wildman–Crippen MR) is 63.9 cm³/mol. The molecule has 6 nitrogen and oxygen atoms in total. The Bertz CT molecular complexity index is 272. The molecule has 0 spiro atoms. The third kappa shape index (κ3) is 6.63. The summed E-state index contributed by atoms with van der Waals surface area (Å²) in [5.74, 6) is 0. The van der Waals surface area contributed by atoms with Crippen molar-refractivity contribution in [3.05, 3.63) is 0 Å². The van der Waals surface area contributed by atoms with Crippen LogP contribution in [0.25, 0.3) is 0 Å². The lowest BCUT2D eigenvalue weighted by Crippen LogP contribution is -2.38. The van der Waals surface area contributed by atoms with Crippen LogP contribution in [0.4, 0.5) is 0 Å². The maximum Gasteiger partial charge on any atom is 0.521 e. The van der Waals surface area contributed by atoms with Gasteiger partial charge in [0.25, 0.3) is 0 Å². The van der Waals surface area contributed by atoms with E-state index in [1.807, 2.05) is 6.92 Å². The first-order chi connectivity index (χ1) is 7.38. The Morgan fingerprint density at radius 1 is 1.31 bits per heavy atom. The number of carbonyl (C=O) groups is 1. The fourth-order valence-electron chi connectivity index (χ4n) is 1.29. The topological polar surface area (TPSA) is 94.9 Å². The molecule has 0 aliphatic heterocycles. The first-order valence-corrected chi connectivity index (χ1v) is 7.86. The molecule has 0 radical (unpaired) electrons. The summed E-state index contributed by atoms with van der Waals surface area (Å²) in [5.41, 5.74) is 0. The van der Waals surface area contributed by atoms with E-state index in [1.54, 1.807) is 0 Å². The molecule has 2 N–H and O–H groups in total. The van der Waals surface area contributed by atoms with Gasteiger partial charge >= 0.3 is 16.1 Å². The van der Waals surface area contributed by atoms with Crippen LogP contribution in [0.5, 0.6) is 0 Å². The van der Waals surface area contributed by atoms with E-state index in [1.165, 1.54) is 4.90 Å². The standard InChI is InChI=1S/C7H13NO5P2S/c1-2-3-6(7(9)16)8(4-14(10)11)5-15(12)13/h6H,2-5H2,1H3,(H-2,9,10,11,12,13,16)/p+2. The molecule has 0 saturated carbocycles. The van der Waals surface area contributed by atoms with Crippen LogP contribution in [-0.2, 0) is 13.9 Å². The van der Waals surface area contributed by atoms with Crippen LogP contribution in [-0.4, -0.2) is 38.4 Å². The van der Waals surface area contributed by atoms with Crippen LogP contribution in [0.3, 0.4) is 0 Å². The molecule has 16 heavy (non-hydrogen) atoms. The van der Waals surface area contributed by atoms with E-state index in [-0.39, 0.29) is 12.6 Å². The molecule has 0 bridgehead atoms. The van der Waals surface area contributed by atoms with Gasteiger partial charge in [0, 0.05) is 0 Å². The van der Waals surface area contributed by atoms with Gasteiger partial charge in [-0.05, 0) is 15.6 Å². The molecular formula is C7H15NO5P2S+2. The van der Waals surface area contributed by atoms with Crippen molar-refractivity contribution in [2.24, 2.45) is 0 Å². The van der Waals surface area contributed by atoms with Crippen molar-refractivity contribution in [1.29, 1.82) is 0 Å². The summed E-state index contributed by atoms with van der Waals surface area (Å²) in [4.78, 5) is 30.0. The summed E-state index contributed by atoms with van der Waals surface area (Å²) >= 11 is 3.68. The lowest BCUT2D eigenvalue weighted by atomic mass is 10.2. The average Bonchev–Trinajstić information content (AvgIpc) is 2.10. The lowest BCUT2D eigenvalue weighted by molar-refractivity contribution is -0.115. The average molecular weight is 287 g/mol. The minimum absolute atomic E-state index is 0.298. The number of nitrogens with zero attached hydrogens (tertiary/aromatic N) is 1. The fourth-order valence-corrected chi connectivity index (χ4v) is 2.95. The smallest absolute Gasteiger partial charge is 0.286 e. The van der Waals surface area contributed by atoms with Gasteiger partial charge in [0.05, 0.1) is 6.04 Å². The lowest BCUT2D eigenvalue weighted by Gasteiger charge is -2.20. The van der Waals surface area contributed by atoms with Gasteiger partial charge in [-0.3, -0.25) is 4.79 Å². The summed E-state index contributed by atoms with van der Waals surface area (Å²) in [5, 5.41) is -0.462. The van der Waals surface area contributed by atoms with Crippen molar-refractivity contribution in [2.75, 3.05) is 12.6 Å². The molecule has 0 rings (SSSR count). The maximum absolute atomic E-state index is 11.2. The van der Waals surface area contributed by atoms with Gasteiger partial charge in [-0.2, -0.15) is 9.79 Å². The highest BCUT2D eigenvalue weighted by Gasteiger charge is 2.34. The van der Waals surface area contributed by atoms with Crippen LogP contribution in [0.15, 0.2) is 0 Å². The Balaban J connectivity index is 4.72. The quantitative estimate of drug-likeness (QED) is 0.460.